The first-order valence-electron chi connectivity index (χ1n) is 5.81. The fraction of sp³-hybridized carbons (Fsp3) is 0.818. The molecular formula is C11H18N2O3. The number of rotatable bonds is 1. The third-order valence-corrected chi connectivity index (χ3v) is 2.81. The quantitative estimate of drug-likeness (QED) is 0.635. The van der Waals surface area contributed by atoms with E-state index in [0.29, 0.717) is 13.1 Å². The second-order valence-corrected chi connectivity index (χ2v) is 4.72. The summed E-state index contributed by atoms with van der Waals surface area (Å²) in [6, 6.07) is 0.229. The van der Waals surface area contributed by atoms with Crippen molar-refractivity contribution < 1.29 is 14.3 Å². The Kier molecular flexibility index (Phi) is 3.14. The lowest BCUT2D eigenvalue weighted by Gasteiger charge is -2.34. The largest absolute Gasteiger partial charge is 0.372 e. The molecule has 1 heterocycles. The summed E-state index contributed by atoms with van der Waals surface area (Å²) in [6.07, 6.45) is 1.99. The summed E-state index contributed by atoms with van der Waals surface area (Å²) >= 11 is 0. The Hall–Kier alpha value is -1.10. The van der Waals surface area contributed by atoms with E-state index in [2.05, 4.69) is 5.32 Å². The summed E-state index contributed by atoms with van der Waals surface area (Å²) in [5.74, 6) is -0.891. The Bertz CT molecular complexity index is 292. The van der Waals surface area contributed by atoms with Gasteiger partial charge in [0.25, 0.3) is 0 Å². The number of carbonyl (C=O) groups excluding carboxylic acids is 2. The van der Waals surface area contributed by atoms with E-state index >= 15 is 0 Å². The normalized spacial score (nSPS) is 30.0. The highest BCUT2D eigenvalue weighted by Gasteiger charge is 2.32. The fourth-order valence-electron chi connectivity index (χ4n) is 1.96. The molecule has 90 valence electrons. The molecule has 2 rings (SSSR count). The second-order valence-electron chi connectivity index (χ2n) is 4.72. The Morgan fingerprint density at radius 1 is 1.19 bits per heavy atom. The van der Waals surface area contributed by atoms with Crippen LogP contribution in [-0.2, 0) is 14.3 Å². The van der Waals surface area contributed by atoms with Crippen molar-refractivity contribution in [1.82, 2.24) is 10.2 Å². The molecule has 0 aromatic carbocycles. The van der Waals surface area contributed by atoms with Crippen molar-refractivity contribution in [2.45, 2.75) is 44.9 Å². The van der Waals surface area contributed by atoms with E-state index in [-0.39, 0.29) is 18.2 Å². The highest BCUT2D eigenvalue weighted by molar-refractivity contribution is 6.35. The molecule has 0 aromatic rings. The van der Waals surface area contributed by atoms with Gasteiger partial charge in [-0.1, -0.05) is 0 Å². The zero-order valence-corrected chi connectivity index (χ0v) is 9.73. The van der Waals surface area contributed by atoms with Gasteiger partial charge in [-0.05, 0) is 26.7 Å². The second kappa shape index (κ2) is 4.41. The smallest absolute Gasteiger partial charge is 0.312 e. The van der Waals surface area contributed by atoms with E-state index in [0.717, 1.165) is 12.8 Å². The Morgan fingerprint density at radius 2 is 1.75 bits per heavy atom. The van der Waals surface area contributed by atoms with Crippen molar-refractivity contribution in [1.29, 1.82) is 0 Å². The molecule has 0 aromatic heterocycles. The fourth-order valence-corrected chi connectivity index (χ4v) is 1.96. The van der Waals surface area contributed by atoms with Gasteiger partial charge in [0.15, 0.2) is 0 Å². The van der Waals surface area contributed by atoms with Crippen molar-refractivity contribution >= 4 is 11.8 Å². The summed E-state index contributed by atoms with van der Waals surface area (Å²) in [4.78, 5) is 25.0. The number of hydrogen-bond donors (Lipinski definition) is 1. The summed E-state index contributed by atoms with van der Waals surface area (Å²) in [5.41, 5.74) is 0. The van der Waals surface area contributed by atoms with Crippen LogP contribution >= 0.6 is 0 Å². The molecular weight excluding hydrogens is 208 g/mol. The molecule has 1 N–H and O–H groups in total. The Morgan fingerprint density at radius 3 is 2.25 bits per heavy atom. The molecule has 0 radical (unpaired) electrons. The molecule has 2 aliphatic rings. The van der Waals surface area contributed by atoms with Gasteiger partial charge in [0.1, 0.15) is 0 Å². The number of morpholine rings is 1. The van der Waals surface area contributed by atoms with Gasteiger partial charge < -0.3 is 15.0 Å². The number of ether oxygens (including phenoxy) is 1. The van der Waals surface area contributed by atoms with Crippen molar-refractivity contribution in [2.24, 2.45) is 0 Å². The molecule has 2 amide bonds. The molecule has 5 nitrogen and oxygen atoms in total. The third-order valence-electron chi connectivity index (χ3n) is 2.81. The van der Waals surface area contributed by atoms with E-state index in [1.165, 1.54) is 0 Å². The third kappa shape index (κ3) is 2.72. The minimum Gasteiger partial charge on any atom is -0.372 e. The zero-order valence-electron chi connectivity index (χ0n) is 9.73. The van der Waals surface area contributed by atoms with Crippen LogP contribution in [0.2, 0.25) is 0 Å². The first-order valence-corrected chi connectivity index (χ1v) is 5.81. The lowest BCUT2D eigenvalue weighted by atomic mass is 10.2. The van der Waals surface area contributed by atoms with Crippen LogP contribution in [0, 0.1) is 0 Å². The summed E-state index contributed by atoms with van der Waals surface area (Å²) < 4.78 is 5.51. The average Bonchev–Trinajstić information content (AvgIpc) is 2.99. The van der Waals surface area contributed by atoms with E-state index in [1.807, 2.05) is 13.8 Å². The maximum atomic E-state index is 11.8. The van der Waals surface area contributed by atoms with Gasteiger partial charge in [0, 0.05) is 19.1 Å². The molecule has 2 unspecified atom stereocenters. The first-order chi connectivity index (χ1) is 7.56. The minimum absolute atomic E-state index is 0.00132. The molecule has 1 saturated carbocycles. The highest BCUT2D eigenvalue weighted by Crippen LogP contribution is 2.18. The van der Waals surface area contributed by atoms with E-state index in [4.69, 9.17) is 4.74 Å². The van der Waals surface area contributed by atoms with Crippen LogP contribution in [0.3, 0.4) is 0 Å². The van der Waals surface area contributed by atoms with Gasteiger partial charge in [-0.15, -0.1) is 0 Å². The molecule has 5 heteroatoms. The minimum atomic E-state index is -0.469. The van der Waals surface area contributed by atoms with E-state index in [1.54, 1.807) is 4.90 Å². The monoisotopic (exact) mass is 226 g/mol. The van der Waals surface area contributed by atoms with Gasteiger partial charge in [-0.25, -0.2) is 0 Å². The Balaban J connectivity index is 1.89. The number of hydrogen-bond acceptors (Lipinski definition) is 3. The highest BCUT2D eigenvalue weighted by atomic mass is 16.5. The molecule has 16 heavy (non-hydrogen) atoms. The molecule has 0 spiro atoms. The van der Waals surface area contributed by atoms with Crippen LogP contribution in [0.4, 0.5) is 0 Å². The molecule has 1 aliphatic carbocycles. The number of carbonyl (C=O) groups is 2. The van der Waals surface area contributed by atoms with E-state index in [9.17, 15) is 9.59 Å². The van der Waals surface area contributed by atoms with Crippen LogP contribution in [0.1, 0.15) is 26.7 Å². The van der Waals surface area contributed by atoms with Crippen LogP contribution in [0.15, 0.2) is 0 Å². The molecule has 2 atom stereocenters. The van der Waals surface area contributed by atoms with Crippen LogP contribution < -0.4 is 5.32 Å². The van der Waals surface area contributed by atoms with Gasteiger partial charge in [0.2, 0.25) is 0 Å². The van der Waals surface area contributed by atoms with Gasteiger partial charge in [-0.2, -0.15) is 0 Å². The maximum Gasteiger partial charge on any atom is 0.312 e. The van der Waals surface area contributed by atoms with Crippen molar-refractivity contribution in [3.63, 3.8) is 0 Å². The van der Waals surface area contributed by atoms with Crippen LogP contribution in [-0.4, -0.2) is 48.1 Å². The molecule has 2 fully saturated rings. The lowest BCUT2D eigenvalue weighted by Crippen LogP contribution is -2.52. The number of amides is 2. The predicted molar refractivity (Wildman–Crippen MR) is 57.8 cm³/mol. The number of nitrogens with one attached hydrogen (secondary N) is 1. The Labute approximate surface area is 95.1 Å². The topological polar surface area (TPSA) is 58.6 Å². The first kappa shape index (κ1) is 11.4. The summed E-state index contributed by atoms with van der Waals surface area (Å²) in [5, 5.41) is 2.71. The number of nitrogens with zero attached hydrogens (tertiary/aromatic N) is 1. The van der Waals surface area contributed by atoms with Crippen molar-refractivity contribution in [3.8, 4) is 0 Å². The van der Waals surface area contributed by atoms with Crippen LogP contribution in [0.25, 0.3) is 0 Å². The molecule has 1 aliphatic heterocycles. The predicted octanol–water partition coefficient (Wildman–Crippen LogP) is -0.0992. The lowest BCUT2D eigenvalue weighted by molar-refractivity contribution is -0.153. The SMILES string of the molecule is CC1CN(C(=O)C(=O)NC2CC2)CC(C)O1. The van der Waals surface area contributed by atoms with Crippen molar-refractivity contribution in [3.05, 3.63) is 0 Å². The van der Waals surface area contributed by atoms with E-state index < -0.39 is 11.8 Å². The van der Waals surface area contributed by atoms with Crippen molar-refractivity contribution in [2.75, 3.05) is 13.1 Å². The zero-order chi connectivity index (χ0) is 11.7. The maximum absolute atomic E-state index is 11.8. The van der Waals surface area contributed by atoms with Gasteiger partial charge >= 0.3 is 11.8 Å². The average molecular weight is 226 g/mol. The van der Waals surface area contributed by atoms with Gasteiger partial charge in [0.05, 0.1) is 12.2 Å². The summed E-state index contributed by atoms with van der Waals surface area (Å²) in [7, 11) is 0. The molecule has 0 bridgehead atoms. The van der Waals surface area contributed by atoms with Crippen LogP contribution in [0.5, 0.6) is 0 Å². The summed E-state index contributed by atoms with van der Waals surface area (Å²) in [6.45, 7) is 4.83. The standard InChI is InChI=1S/C11H18N2O3/c1-7-5-13(6-8(2)16-7)11(15)10(14)12-9-3-4-9/h7-9H,3-6H2,1-2H3,(H,12,14). The van der Waals surface area contributed by atoms with Gasteiger partial charge in [-0.3, -0.25) is 9.59 Å². The molecule has 1 saturated heterocycles.